The van der Waals surface area contributed by atoms with E-state index in [-0.39, 0.29) is 6.04 Å². The molecule has 0 aromatic carbocycles. The highest BCUT2D eigenvalue weighted by molar-refractivity contribution is 5.21. The van der Waals surface area contributed by atoms with Gasteiger partial charge >= 0.3 is 0 Å². The summed E-state index contributed by atoms with van der Waals surface area (Å²) in [6.07, 6.45) is 1.63. The maximum absolute atomic E-state index is 6.10. The Kier molecular flexibility index (Phi) is 2.60. The van der Waals surface area contributed by atoms with Crippen LogP contribution in [0.2, 0.25) is 0 Å². The summed E-state index contributed by atoms with van der Waals surface area (Å²) in [5.74, 6) is 0.768. The van der Waals surface area contributed by atoms with E-state index in [0.717, 1.165) is 23.7 Å². The summed E-state index contributed by atoms with van der Waals surface area (Å²) in [7, 11) is 0. The van der Waals surface area contributed by atoms with Crippen molar-refractivity contribution >= 4 is 0 Å². The Morgan fingerprint density at radius 3 is 3.00 bits per heavy atom. The fourth-order valence-electron chi connectivity index (χ4n) is 1.68. The van der Waals surface area contributed by atoms with Crippen LogP contribution in [0, 0.1) is 6.92 Å². The van der Waals surface area contributed by atoms with E-state index in [0.29, 0.717) is 0 Å². The Morgan fingerprint density at radius 2 is 2.40 bits per heavy atom. The van der Waals surface area contributed by atoms with Gasteiger partial charge in [-0.3, -0.25) is 4.68 Å². The summed E-state index contributed by atoms with van der Waals surface area (Å²) in [6.45, 7) is 4.83. The van der Waals surface area contributed by atoms with Gasteiger partial charge in [-0.15, -0.1) is 0 Å². The van der Waals surface area contributed by atoms with Gasteiger partial charge in [-0.05, 0) is 32.0 Å². The van der Waals surface area contributed by atoms with Gasteiger partial charge in [-0.1, -0.05) is 0 Å². The van der Waals surface area contributed by atoms with Crippen LogP contribution in [0.15, 0.2) is 28.9 Å². The zero-order valence-electron chi connectivity index (χ0n) is 8.97. The highest BCUT2D eigenvalue weighted by Gasteiger charge is 2.16. The number of hydrogen-bond donors (Lipinski definition) is 1. The molecular formula is C11H15N3O. The van der Waals surface area contributed by atoms with Crippen molar-refractivity contribution in [2.75, 3.05) is 0 Å². The number of rotatable bonds is 3. The van der Waals surface area contributed by atoms with E-state index in [2.05, 4.69) is 5.10 Å². The first-order valence-corrected chi connectivity index (χ1v) is 5.05. The van der Waals surface area contributed by atoms with Crippen molar-refractivity contribution in [3.8, 4) is 0 Å². The van der Waals surface area contributed by atoms with Gasteiger partial charge in [0.05, 0.1) is 17.7 Å². The van der Waals surface area contributed by atoms with Gasteiger partial charge in [0.25, 0.3) is 0 Å². The summed E-state index contributed by atoms with van der Waals surface area (Å²) in [4.78, 5) is 0. The molecule has 15 heavy (non-hydrogen) atoms. The van der Waals surface area contributed by atoms with Crippen molar-refractivity contribution in [1.29, 1.82) is 0 Å². The number of aryl methyl sites for hydroxylation is 2. The SMILES string of the molecule is CCn1nc(C)cc1C(N)c1ccco1. The summed E-state index contributed by atoms with van der Waals surface area (Å²) in [6, 6.07) is 5.49. The molecule has 2 N–H and O–H groups in total. The molecule has 80 valence electrons. The summed E-state index contributed by atoms with van der Waals surface area (Å²) >= 11 is 0. The second kappa shape index (κ2) is 3.90. The minimum Gasteiger partial charge on any atom is -0.467 e. The van der Waals surface area contributed by atoms with E-state index in [1.165, 1.54) is 0 Å². The second-order valence-electron chi connectivity index (χ2n) is 3.52. The quantitative estimate of drug-likeness (QED) is 0.832. The lowest BCUT2D eigenvalue weighted by Gasteiger charge is -2.10. The zero-order chi connectivity index (χ0) is 10.8. The Morgan fingerprint density at radius 1 is 1.60 bits per heavy atom. The average molecular weight is 205 g/mol. The molecule has 4 nitrogen and oxygen atoms in total. The molecule has 0 bridgehead atoms. The highest BCUT2D eigenvalue weighted by Crippen LogP contribution is 2.20. The third-order valence-electron chi connectivity index (χ3n) is 2.40. The van der Waals surface area contributed by atoms with Crippen molar-refractivity contribution in [3.63, 3.8) is 0 Å². The van der Waals surface area contributed by atoms with Gasteiger partial charge < -0.3 is 10.2 Å². The van der Waals surface area contributed by atoms with E-state index in [1.807, 2.05) is 36.7 Å². The summed E-state index contributed by atoms with van der Waals surface area (Å²) in [5, 5.41) is 4.36. The van der Waals surface area contributed by atoms with Crippen LogP contribution in [0.1, 0.15) is 30.1 Å². The Bertz CT molecular complexity index is 431. The van der Waals surface area contributed by atoms with Crippen LogP contribution in [-0.4, -0.2) is 9.78 Å². The number of nitrogens with two attached hydrogens (primary N) is 1. The van der Waals surface area contributed by atoms with Crippen LogP contribution < -0.4 is 5.73 Å². The van der Waals surface area contributed by atoms with Crippen LogP contribution in [-0.2, 0) is 6.54 Å². The van der Waals surface area contributed by atoms with Crippen LogP contribution in [0.5, 0.6) is 0 Å². The standard InChI is InChI=1S/C11H15N3O/c1-3-14-9(7-8(2)13-14)11(12)10-5-4-6-15-10/h4-7,11H,3,12H2,1-2H3. The maximum atomic E-state index is 6.10. The molecule has 1 unspecified atom stereocenters. The van der Waals surface area contributed by atoms with Gasteiger partial charge in [0.15, 0.2) is 0 Å². The minimum atomic E-state index is -0.235. The third-order valence-corrected chi connectivity index (χ3v) is 2.40. The molecule has 0 radical (unpaired) electrons. The lowest BCUT2D eigenvalue weighted by atomic mass is 10.1. The van der Waals surface area contributed by atoms with Crippen molar-refractivity contribution in [2.45, 2.75) is 26.4 Å². The fraction of sp³-hybridized carbons (Fsp3) is 0.364. The first-order valence-electron chi connectivity index (χ1n) is 5.05. The van der Waals surface area contributed by atoms with E-state index in [1.54, 1.807) is 6.26 Å². The Balaban J connectivity index is 2.36. The predicted molar refractivity (Wildman–Crippen MR) is 57.4 cm³/mol. The second-order valence-corrected chi connectivity index (χ2v) is 3.52. The molecule has 2 aromatic rings. The maximum Gasteiger partial charge on any atom is 0.126 e. The fourth-order valence-corrected chi connectivity index (χ4v) is 1.68. The van der Waals surface area contributed by atoms with Gasteiger partial charge in [0, 0.05) is 6.54 Å². The van der Waals surface area contributed by atoms with Crippen molar-refractivity contribution in [3.05, 3.63) is 41.6 Å². The Hall–Kier alpha value is -1.55. The zero-order valence-corrected chi connectivity index (χ0v) is 8.97. The monoisotopic (exact) mass is 205 g/mol. The lowest BCUT2D eigenvalue weighted by Crippen LogP contribution is -2.16. The van der Waals surface area contributed by atoms with Crippen molar-refractivity contribution < 1.29 is 4.42 Å². The Labute approximate surface area is 88.7 Å². The van der Waals surface area contributed by atoms with E-state index < -0.39 is 0 Å². The molecule has 0 amide bonds. The smallest absolute Gasteiger partial charge is 0.126 e. The molecule has 0 spiro atoms. The van der Waals surface area contributed by atoms with E-state index >= 15 is 0 Å². The topological polar surface area (TPSA) is 57.0 Å². The number of furan rings is 1. The number of aromatic nitrogens is 2. The van der Waals surface area contributed by atoms with Crippen LogP contribution in [0.25, 0.3) is 0 Å². The molecule has 1 atom stereocenters. The number of hydrogen-bond acceptors (Lipinski definition) is 3. The van der Waals surface area contributed by atoms with Crippen LogP contribution >= 0.6 is 0 Å². The lowest BCUT2D eigenvalue weighted by molar-refractivity contribution is 0.473. The molecule has 0 aliphatic carbocycles. The molecule has 2 heterocycles. The molecule has 2 rings (SSSR count). The third kappa shape index (κ3) is 1.80. The van der Waals surface area contributed by atoms with Crippen LogP contribution in [0.4, 0.5) is 0 Å². The summed E-state index contributed by atoms with van der Waals surface area (Å²) < 4.78 is 7.20. The van der Waals surface area contributed by atoms with Crippen molar-refractivity contribution in [2.24, 2.45) is 5.73 Å². The van der Waals surface area contributed by atoms with Gasteiger partial charge in [-0.2, -0.15) is 5.10 Å². The highest BCUT2D eigenvalue weighted by atomic mass is 16.3. The first kappa shape index (κ1) is 9.98. The van der Waals surface area contributed by atoms with E-state index in [9.17, 15) is 0 Å². The number of nitrogens with zero attached hydrogens (tertiary/aromatic N) is 2. The molecule has 4 heteroatoms. The van der Waals surface area contributed by atoms with Crippen LogP contribution in [0.3, 0.4) is 0 Å². The molecule has 0 saturated carbocycles. The molecular weight excluding hydrogens is 190 g/mol. The predicted octanol–water partition coefficient (Wildman–Crippen LogP) is 1.85. The molecule has 0 aliphatic heterocycles. The molecule has 0 fully saturated rings. The summed E-state index contributed by atoms with van der Waals surface area (Å²) in [5.41, 5.74) is 8.07. The minimum absolute atomic E-state index is 0.235. The van der Waals surface area contributed by atoms with Gasteiger partial charge in [0.1, 0.15) is 11.8 Å². The van der Waals surface area contributed by atoms with Crippen molar-refractivity contribution in [1.82, 2.24) is 9.78 Å². The molecule has 2 aromatic heterocycles. The molecule has 0 saturated heterocycles. The first-order chi connectivity index (χ1) is 7.22. The molecule has 0 aliphatic rings. The largest absolute Gasteiger partial charge is 0.467 e. The van der Waals surface area contributed by atoms with E-state index in [4.69, 9.17) is 10.2 Å². The average Bonchev–Trinajstić information content (AvgIpc) is 2.84. The normalized spacial score (nSPS) is 13.0. The van der Waals surface area contributed by atoms with Gasteiger partial charge in [0.2, 0.25) is 0 Å². The van der Waals surface area contributed by atoms with Gasteiger partial charge in [-0.25, -0.2) is 0 Å².